The van der Waals surface area contributed by atoms with Gasteiger partial charge in [-0.05, 0) is 19.9 Å². The number of carbonyl (C=O) groups is 2. The van der Waals surface area contributed by atoms with E-state index in [1.807, 2.05) is 13.8 Å². The maximum Gasteiger partial charge on any atom is 0.358 e. The van der Waals surface area contributed by atoms with Crippen LogP contribution < -0.4 is 0 Å². The average Bonchev–Trinajstić information content (AvgIpc) is 3.08. The van der Waals surface area contributed by atoms with Crippen LogP contribution in [0.15, 0.2) is 36.0 Å². The Morgan fingerprint density at radius 3 is 2.67 bits per heavy atom. The number of nitrogens with zero attached hydrogens (tertiary/aromatic N) is 4. The Bertz CT molecular complexity index is 730. The van der Waals surface area contributed by atoms with Crippen LogP contribution in [0.3, 0.4) is 0 Å². The number of esters is 1. The highest BCUT2D eigenvalue weighted by Gasteiger charge is 2.18. The van der Waals surface area contributed by atoms with E-state index in [1.165, 1.54) is 11.3 Å². The van der Waals surface area contributed by atoms with Gasteiger partial charge in [-0.1, -0.05) is 12.2 Å². The summed E-state index contributed by atoms with van der Waals surface area (Å²) in [4.78, 5) is 37.9. The van der Waals surface area contributed by atoms with E-state index < -0.39 is 5.97 Å². The zero-order valence-corrected chi connectivity index (χ0v) is 14.4. The van der Waals surface area contributed by atoms with E-state index in [9.17, 15) is 9.59 Å². The Kier molecular flexibility index (Phi) is 6.14. The first-order chi connectivity index (χ1) is 11.5. The number of likely N-dealkylation sites (N-methyl/N-ethyl adjacent to an activating group) is 1. The minimum Gasteiger partial charge on any atom is -0.451 e. The number of amides is 1. The summed E-state index contributed by atoms with van der Waals surface area (Å²) >= 11 is 1.24. The molecule has 0 aliphatic rings. The van der Waals surface area contributed by atoms with Crippen molar-refractivity contribution in [3.63, 3.8) is 0 Å². The number of aromatic nitrogens is 3. The van der Waals surface area contributed by atoms with Crippen molar-refractivity contribution in [3.8, 4) is 10.8 Å². The second-order valence-corrected chi connectivity index (χ2v) is 5.91. The predicted molar refractivity (Wildman–Crippen MR) is 90.5 cm³/mol. The van der Waals surface area contributed by atoms with Gasteiger partial charge >= 0.3 is 5.97 Å². The Labute approximate surface area is 144 Å². The molecule has 1 amide bonds. The Balaban J connectivity index is 1.94. The number of ether oxygens (including phenoxy) is 1. The minimum absolute atomic E-state index is 0.137. The molecule has 0 unspecified atom stereocenters. The zero-order valence-electron chi connectivity index (χ0n) is 13.6. The summed E-state index contributed by atoms with van der Waals surface area (Å²) in [5, 5.41) is 2.08. The smallest absolute Gasteiger partial charge is 0.358 e. The van der Waals surface area contributed by atoms with Crippen LogP contribution in [0, 0.1) is 0 Å². The molecule has 7 nitrogen and oxygen atoms in total. The quantitative estimate of drug-likeness (QED) is 0.564. The molecule has 0 aliphatic heterocycles. The molecule has 0 saturated carbocycles. The van der Waals surface area contributed by atoms with Crippen molar-refractivity contribution in [1.82, 2.24) is 19.9 Å². The van der Waals surface area contributed by atoms with E-state index in [0.717, 1.165) is 5.57 Å². The van der Waals surface area contributed by atoms with Crippen molar-refractivity contribution in [2.75, 3.05) is 19.7 Å². The first-order valence-corrected chi connectivity index (χ1v) is 8.21. The second-order valence-electron chi connectivity index (χ2n) is 5.05. The van der Waals surface area contributed by atoms with E-state index in [-0.39, 0.29) is 18.2 Å². The largest absolute Gasteiger partial charge is 0.451 e. The zero-order chi connectivity index (χ0) is 17.5. The summed E-state index contributed by atoms with van der Waals surface area (Å²) < 4.78 is 5.05. The summed E-state index contributed by atoms with van der Waals surface area (Å²) in [5.74, 6) is -0.472. The summed E-state index contributed by atoms with van der Waals surface area (Å²) in [7, 11) is 0. The molecule has 2 aromatic heterocycles. The lowest BCUT2D eigenvalue weighted by atomic mass is 10.3. The molecule has 0 spiro atoms. The monoisotopic (exact) mass is 346 g/mol. The highest BCUT2D eigenvalue weighted by atomic mass is 32.1. The average molecular weight is 346 g/mol. The van der Waals surface area contributed by atoms with Gasteiger partial charge in [0.15, 0.2) is 23.1 Å². The van der Waals surface area contributed by atoms with E-state index >= 15 is 0 Å². The third-order valence-corrected chi connectivity index (χ3v) is 3.83. The number of hydrogen-bond acceptors (Lipinski definition) is 7. The third-order valence-electron chi connectivity index (χ3n) is 2.99. The molecule has 2 aromatic rings. The van der Waals surface area contributed by atoms with Gasteiger partial charge in [0.25, 0.3) is 5.91 Å². The molecule has 24 heavy (non-hydrogen) atoms. The molecular weight excluding hydrogens is 328 g/mol. The van der Waals surface area contributed by atoms with Crippen LogP contribution in [0.25, 0.3) is 10.8 Å². The van der Waals surface area contributed by atoms with Gasteiger partial charge in [-0.2, -0.15) is 0 Å². The van der Waals surface area contributed by atoms with Crippen molar-refractivity contribution in [2.45, 2.75) is 13.8 Å². The van der Waals surface area contributed by atoms with Gasteiger partial charge in [0.05, 0.1) is 0 Å². The predicted octanol–water partition coefficient (Wildman–Crippen LogP) is 2.18. The molecule has 0 radical (unpaired) electrons. The molecular formula is C16H18N4O3S. The van der Waals surface area contributed by atoms with Gasteiger partial charge in [-0.3, -0.25) is 4.79 Å². The lowest BCUT2D eigenvalue weighted by molar-refractivity contribution is -0.133. The normalized spacial score (nSPS) is 10.2. The van der Waals surface area contributed by atoms with Crippen LogP contribution in [0.5, 0.6) is 0 Å². The summed E-state index contributed by atoms with van der Waals surface area (Å²) in [5.41, 5.74) is 1.00. The van der Waals surface area contributed by atoms with Crippen LogP contribution in [0.1, 0.15) is 24.3 Å². The highest BCUT2D eigenvalue weighted by molar-refractivity contribution is 7.13. The van der Waals surface area contributed by atoms with Crippen LogP contribution in [0.2, 0.25) is 0 Å². The van der Waals surface area contributed by atoms with Crippen LogP contribution >= 0.6 is 11.3 Å². The molecule has 0 saturated heterocycles. The fourth-order valence-corrected chi connectivity index (χ4v) is 2.61. The number of rotatable bonds is 7. The van der Waals surface area contributed by atoms with Crippen molar-refractivity contribution in [2.24, 2.45) is 0 Å². The first-order valence-electron chi connectivity index (χ1n) is 7.33. The molecule has 2 rings (SSSR count). The van der Waals surface area contributed by atoms with E-state index in [1.54, 1.807) is 28.7 Å². The Morgan fingerprint density at radius 2 is 2.04 bits per heavy atom. The number of thiazole rings is 1. The molecule has 0 atom stereocenters. The summed E-state index contributed by atoms with van der Waals surface area (Å²) in [6, 6.07) is 1.70. The van der Waals surface area contributed by atoms with E-state index in [0.29, 0.717) is 23.9 Å². The Morgan fingerprint density at radius 1 is 1.33 bits per heavy atom. The van der Waals surface area contributed by atoms with Crippen molar-refractivity contribution < 1.29 is 14.3 Å². The molecule has 0 fully saturated rings. The van der Waals surface area contributed by atoms with Gasteiger partial charge in [0.1, 0.15) is 0 Å². The summed E-state index contributed by atoms with van der Waals surface area (Å²) in [6.07, 6.45) is 3.20. The lowest BCUT2D eigenvalue weighted by Crippen LogP contribution is -2.35. The topological polar surface area (TPSA) is 85.3 Å². The first kappa shape index (κ1) is 17.7. The Hall–Kier alpha value is -2.61. The van der Waals surface area contributed by atoms with E-state index in [2.05, 4.69) is 21.5 Å². The standard InChI is InChI=1S/C16H18N4O3S/c1-4-20(8-11(2)3)13(21)9-23-16(22)12-10-24-15(19-12)14-17-6-5-7-18-14/h5-7,10H,2,4,8-9H2,1,3H3. The number of carbonyl (C=O) groups excluding carboxylic acids is 2. The molecule has 2 heterocycles. The molecule has 8 heteroatoms. The van der Waals surface area contributed by atoms with Gasteiger partial charge in [0.2, 0.25) is 0 Å². The molecule has 0 N–H and O–H groups in total. The fourth-order valence-electron chi connectivity index (χ4n) is 1.87. The van der Waals surface area contributed by atoms with Crippen LogP contribution in [0.4, 0.5) is 0 Å². The molecule has 0 aliphatic carbocycles. The van der Waals surface area contributed by atoms with Gasteiger partial charge in [-0.15, -0.1) is 11.3 Å². The number of hydrogen-bond donors (Lipinski definition) is 0. The summed E-state index contributed by atoms with van der Waals surface area (Å²) in [6.45, 7) is 8.11. The van der Waals surface area contributed by atoms with Crippen LogP contribution in [-0.4, -0.2) is 51.4 Å². The second kappa shape index (κ2) is 8.30. The van der Waals surface area contributed by atoms with Gasteiger partial charge < -0.3 is 9.64 Å². The molecule has 0 bridgehead atoms. The highest BCUT2D eigenvalue weighted by Crippen LogP contribution is 2.19. The lowest BCUT2D eigenvalue weighted by Gasteiger charge is -2.20. The molecule has 0 aromatic carbocycles. The maximum atomic E-state index is 12.0. The van der Waals surface area contributed by atoms with Crippen molar-refractivity contribution >= 4 is 23.2 Å². The van der Waals surface area contributed by atoms with Crippen molar-refractivity contribution in [1.29, 1.82) is 0 Å². The van der Waals surface area contributed by atoms with Crippen LogP contribution in [-0.2, 0) is 9.53 Å². The van der Waals surface area contributed by atoms with Crippen molar-refractivity contribution in [3.05, 3.63) is 41.7 Å². The minimum atomic E-state index is -0.645. The third kappa shape index (κ3) is 4.69. The van der Waals surface area contributed by atoms with E-state index in [4.69, 9.17) is 4.74 Å². The molecule has 126 valence electrons. The maximum absolute atomic E-state index is 12.0. The fraction of sp³-hybridized carbons (Fsp3) is 0.312. The van der Waals surface area contributed by atoms with Gasteiger partial charge in [0, 0.05) is 30.9 Å². The SMILES string of the molecule is C=C(C)CN(CC)C(=O)COC(=O)c1csc(-c2ncccn2)n1. The van der Waals surface area contributed by atoms with Gasteiger partial charge in [-0.25, -0.2) is 19.7 Å².